The monoisotopic (exact) mass is 376 g/mol. The van der Waals surface area contributed by atoms with Crippen LogP contribution in [0.15, 0.2) is 65.2 Å². The third-order valence-electron chi connectivity index (χ3n) is 4.62. The number of carbonyl (C=O) groups is 2. The lowest BCUT2D eigenvalue weighted by atomic mass is 10.1. The van der Waals surface area contributed by atoms with Gasteiger partial charge in [0.15, 0.2) is 6.61 Å². The van der Waals surface area contributed by atoms with Crippen LogP contribution in [0.3, 0.4) is 0 Å². The molecule has 0 fully saturated rings. The number of amides is 1. The first-order valence-corrected chi connectivity index (χ1v) is 9.08. The second-order valence-electron chi connectivity index (χ2n) is 6.67. The summed E-state index contributed by atoms with van der Waals surface area (Å²) in [5.74, 6) is -0.170. The summed E-state index contributed by atoms with van der Waals surface area (Å²) in [4.78, 5) is 27.3. The summed E-state index contributed by atoms with van der Waals surface area (Å²) in [7, 11) is 0. The van der Waals surface area contributed by atoms with Gasteiger partial charge in [-0.05, 0) is 30.7 Å². The molecule has 1 amide bonds. The second kappa shape index (κ2) is 7.60. The highest BCUT2D eigenvalue weighted by Gasteiger charge is 2.16. The zero-order valence-electron chi connectivity index (χ0n) is 15.4. The van der Waals surface area contributed by atoms with Crippen molar-refractivity contribution in [2.24, 2.45) is 0 Å². The lowest BCUT2D eigenvalue weighted by Gasteiger charge is -2.11. The molecule has 28 heavy (non-hydrogen) atoms. The molecule has 2 heterocycles. The molecule has 0 saturated carbocycles. The van der Waals surface area contributed by atoms with E-state index in [1.54, 1.807) is 6.20 Å². The minimum Gasteiger partial charge on any atom is -0.459 e. The summed E-state index contributed by atoms with van der Waals surface area (Å²) in [5, 5.41) is 4.74. The van der Waals surface area contributed by atoms with Crippen LogP contribution in [0.1, 0.15) is 24.3 Å². The number of ether oxygens (including phenoxy) is 1. The van der Waals surface area contributed by atoms with Gasteiger partial charge in [0, 0.05) is 22.5 Å². The number of aromatic amines is 1. The first-order valence-electron chi connectivity index (χ1n) is 9.08. The molecule has 6 nitrogen and oxygen atoms in total. The van der Waals surface area contributed by atoms with Gasteiger partial charge in [0.05, 0.1) is 12.5 Å². The van der Waals surface area contributed by atoms with Crippen molar-refractivity contribution >= 4 is 33.7 Å². The van der Waals surface area contributed by atoms with E-state index in [4.69, 9.17) is 9.15 Å². The van der Waals surface area contributed by atoms with Crippen LogP contribution < -0.4 is 5.32 Å². The Morgan fingerprint density at radius 3 is 2.79 bits per heavy atom. The number of nitrogens with one attached hydrogen (secondary N) is 2. The number of H-pyrrole nitrogens is 1. The Balaban J connectivity index is 1.30. The molecule has 6 heteroatoms. The molecule has 0 saturated heterocycles. The van der Waals surface area contributed by atoms with E-state index in [1.807, 2.05) is 61.5 Å². The molecule has 4 aromatic rings. The number of rotatable bonds is 6. The van der Waals surface area contributed by atoms with Crippen molar-refractivity contribution in [2.75, 3.05) is 6.61 Å². The van der Waals surface area contributed by atoms with Crippen LogP contribution in [-0.4, -0.2) is 23.5 Å². The maximum atomic E-state index is 12.1. The van der Waals surface area contributed by atoms with Gasteiger partial charge >= 0.3 is 5.97 Å². The summed E-state index contributed by atoms with van der Waals surface area (Å²) in [5.41, 5.74) is 2.57. The van der Waals surface area contributed by atoms with Crippen molar-refractivity contribution in [3.63, 3.8) is 0 Å². The topological polar surface area (TPSA) is 84.3 Å². The van der Waals surface area contributed by atoms with E-state index in [2.05, 4.69) is 10.3 Å². The summed E-state index contributed by atoms with van der Waals surface area (Å²) in [6, 6.07) is 16.9. The van der Waals surface area contributed by atoms with Crippen LogP contribution in [0.4, 0.5) is 0 Å². The van der Waals surface area contributed by atoms with Crippen LogP contribution in [0, 0.1) is 0 Å². The van der Waals surface area contributed by atoms with Crippen molar-refractivity contribution < 1.29 is 18.7 Å². The largest absolute Gasteiger partial charge is 0.459 e. The third kappa shape index (κ3) is 3.76. The highest BCUT2D eigenvalue weighted by Crippen LogP contribution is 2.23. The van der Waals surface area contributed by atoms with Gasteiger partial charge < -0.3 is 19.5 Å². The van der Waals surface area contributed by atoms with Gasteiger partial charge in [-0.3, -0.25) is 9.59 Å². The van der Waals surface area contributed by atoms with Crippen molar-refractivity contribution in [1.29, 1.82) is 0 Å². The van der Waals surface area contributed by atoms with Gasteiger partial charge in [0.1, 0.15) is 11.3 Å². The Morgan fingerprint density at radius 2 is 1.93 bits per heavy atom. The molecule has 0 unspecified atom stereocenters. The Bertz CT molecular complexity index is 1110. The molecule has 0 radical (unpaired) electrons. The fraction of sp³-hybridized carbons (Fsp3) is 0.182. The highest BCUT2D eigenvalue weighted by molar-refractivity contribution is 5.88. The van der Waals surface area contributed by atoms with Crippen molar-refractivity contribution in [3.8, 4) is 0 Å². The average molecular weight is 376 g/mol. The quantitative estimate of drug-likeness (QED) is 0.500. The third-order valence-corrected chi connectivity index (χ3v) is 4.62. The molecule has 0 spiro atoms. The van der Waals surface area contributed by atoms with Crippen molar-refractivity contribution in [2.45, 2.75) is 19.4 Å². The van der Waals surface area contributed by atoms with E-state index in [-0.39, 0.29) is 25.0 Å². The standard InChI is InChI=1S/C22H20N2O4/c1-14(20-10-15-6-2-5-9-19(15)28-20)24-21(25)13-27-22(26)11-16-12-23-18-8-4-3-7-17(16)18/h2-10,12,14,23H,11,13H2,1H3,(H,24,25)/t14-/m0/s1. The molecule has 2 N–H and O–H groups in total. The fourth-order valence-corrected chi connectivity index (χ4v) is 3.20. The molecule has 0 aliphatic rings. The number of furan rings is 1. The first-order chi connectivity index (χ1) is 13.6. The summed E-state index contributed by atoms with van der Waals surface area (Å²) < 4.78 is 10.9. The predicted octanol–water partition coefficient (Wildman–Crippen LogP) is 3.88. The van der Waals surface area contributed by atoms with Crippen LogP contribution in [0.5, 0.6) is 0 Å². The van der Waals surface area contributed by atoms with Crippen LogP contribution >= 0.6 is 0 Å². The maximum Gasteiger partial charge on any atom is 0.310 e. The second-order valence-corrected chi connectivity index (χ2v) is 6.67. The minimum atomic E-state index is -0.448. The van der Waals surface area contributed by atoms with Gasteiger partial charge in [-0.15, -0.1) is 0 Å². The maximum absolute atomic E-state index is 12.1. The Labute approximate surface area is 161 Å². The van der Waals surface area contributed by atoms with Crippen LogP contribution in [0.25, 0.3) is 21.9 Å². The molecule has 2 aromatic heterocycles. The molecule has 142 valence electrons. The van der Waals surface area contributed by atoms with E-state index >= 15 is 0 Å². The zero-order valence-corrected chi connectivity index (χ0v) is 15.4. The smallest absolute Gasteiger partial charge is 0.310 e. The average Bonchev–Trinajstić information content (AvgIpc) is 3.31. The molecule has 1 atom stereocenters. The number of carbonyl (C=O) groups excluding carboxylic acids is 2. The summed E-state index contributed by atoms with van der Waals surface area (Å²) in [6.45, 7) is 1.50. The lowest BCUT2D eigenvalue weighted by Crippen LogP contribution is -2.31. The van der Waals surface area contributed by atoms with E-state index in [0.717, 1.165) is 27.4 Å². The Hall–Kier alpha value is -3.54. The van der Waals surface area contributed by atoms with Gasteiger partial charge in [0.25, 0.3) is 5.91 Å². The SMILES string of the molecule is C[C@H](NC(=O)COC(=O)Cc1c[nH]c2ccccc12)c1cc2ccccc2o1. The van der Waals surface area contributed by atoms with Crippen LogP contribution in [0.2, 0.25) is 0 Å². The van der Waals surface area contributed by atoms with E-state index in [1.165, 1.54) is 0 Å². The Morgan fingerprint density at radius 1 is 1.14 bits per heavy atom. The number of para-hydroxylation sites is 2. The zero-order chi connectivity index (χ0) is 19.5. The van der Waals surface area contributed by atoms with E-state index in [9.17, 15) is 9.59 Å². The van der Waals surface area contributed by atoms with Crippen molar-refractivity contribution in [3.05, 3.63) is 72.1 Å². The van der Waals surface area contributed by atoms with Gasteiger partial charge in [-0.1, -0.05) is 36.4 Å². The molecule has 0 aliphatic heterocycles. The lowest BCUT2D eigenvalue weighted by molar-refractivity contribution is -0.148. The van der Waals surface area contributed by atoms with Crippen molar-refractivity contribution in [1.82, 2.24) is 10.3 Å². The number of fused-ring (bicyclic) bond motifs is 2. The Kier molecular flexibility index (Phi) is 4.85. The number of esters is 1. The molecule has 0 bridgehead atoms. The normalized spacial score (nSPS) is 12.2. The van der Waals surface area contributed by atoms with Gasteiger partial charge in [0.2, 0.25) is 0 Å². The summed E-state index contributed by atoms with van der Waals surface area (Å²) in [6.07, 6.45) is 1.89. The number of hydrogen-bond acceptors (Lipinski definition) is 4. The molecule has 2 aromatic carbocycles. The number of aromatic nitrogens is 1. The molecular formula is C22H20N2O4. The first kappa shape index (κ1) is 17.9. The van der Waals surface area contributed by atoms with Crippen LogP contribution in [-0.2, 0) is 20.7 Å². The molecule has 0 aliphatic carbocycles. The van der Waals surface area contributed by atoms with Gasteiger partial charge in [-0.2, -0.15) is 0 Å². The highest BCUT2D eigenvalue weighted by atomic mass is 16.5. The molecule has 4 rings (SSSR count). The minimum absolute atomic E-state index is 0.108. The number of hydrogen-bond donors (Lipinski definition) is 2. The number of benzene rings is 2. The summed E-state index contributed by atoms with van der Waals surface area (Å²) >= 11 is 0. The van der Waals surface area contributed by atoms with E-state index < -0.39 is 5.97 Å². The fourth-order valence-electron chi connectivity index (χ4n) is 3.20. The van der Waals surface area contributed by atoms with E-state index in [0.29, 0.717) is 5.76 Å². The van der Waals surface area contributed by atoms with Gasteiger partial charge in [-0.25, -0.2) is 0 Å². The predicted molar refractivity (Wildman–Crippen MR) is 106 cm³/mol. The molecular weight excluding hydrogens is 356 g/mol.